The average molecular weight is 510 g/mol. The normalized spacial score (nSPS) is 14.7. The molecule has 1 atom stereocenters. The second-order valence-electron chi connectivity index (χ2n) is 8.88. The monoisotopic (exact) mass is 509 g/mol. The van der Waals surface area contributed by atoms with Crippen LogP contribution in [0, 0.1) is 5.92 Å². The van der Waals surface area contributed by atoms with Crippen LogP contribution in [-0.4, -0.2) is 61.7 Å². The topological polar surface area (TPSA) is 79.8 Å². The first kappa shape index (κ1) is 25.6. The Kier molecular flexibility index (Phi) is 8.48. The molecule has 2 aromatic carbocycles. The van der Waals surface area contributed by atoms with Crippen LogP contribution >= 0.6 is 11.6 Å². The zero-order valence-corrected chi connectivity index (χ0v) is 21.6. The molecule has 1 aliphatic rings. The minimum absolute atomic E-state index is 0.0197. The van der Waals surface area contributed by atoms with E-state index in [4.69, 9.17) is 21.1 Å². The van der Waals surface area contributed by atoms with Crippen LogP contribution in [0.1, 0.15) is 24.4 Å². The molecule has 1 aromatic heterocycles. The van der Waals surface area contributed by atoms with E-state index in [0.717, 1.165) is 42.2 Å². The Hall–Kier alpha value is -3.52. The van der Waals surface area contributed by atoms with Crippen LogP contribution < -0.4 is 19.7 Å². The molecule has 8 nitrogen and oxygen atoms in total. The molecule has 1 saturated heterocycles. The van der Waals surface area contributed by atoms with Crippen LogP contribution in [0.2, 0.25) is 5.02 Å². The number of hydrogen-bond donors (Lipinski definition) is 1. The number of piperidine rings is 1. The Balaban J connectivity index is 1.42. The van der Waals surface area contributed by atoms with E-state index in [1.165, 1.54) is 0 Å². The van der Waals surface area contributed by atoms with Crippen molar-refractivity contribution in [2.24, 2.45) is 5.92 Å². The molecule has 190 valence electrons. The first-order valence-electron chi connectivity index (χ1n) is 12.0. The van der Waals surface area contributed by atoms with Crippen molar-refractivity contribution in [1.82, 2.24) is 14.9 Å². The molecule has 4 rings (SSSR count). The third-order valence-corrected chi connectivity index (χ3v) is 6.86. The summed E-state index contributed by atoms with van der Waals surface area (Å²) in [5, 5.41) is 3.96. The van der Waals surface area contributed by atoms with Gasteiger partial charge in [-0.1, -0.05) is 29.8 Å². The molecule has 0 spiro atoms. The molecular formula is C27H32ClN5O3. The van der Waals surface area contributed by atoms with E-state index in [1.54, 1.807) is 20.4 Å². The molecule has 2 heterocycles. The van der Waals surface area contributed by atoms with Crippen LogP contribution in [0.3, 0.4) is 0 Å². The lowest BCUT2D eigenvalue weighted by Gasteiger charge is -2.36. The van der Waals surface area contributed by atoms with Gasteiger partial charge in [0.15, 0.2) is 0 Å². The maximum atomic E-state index is 13.7. The largest absolute Gasteiger partial charge is 0.497 e. The fraction of sp³-hybridized carbons (Fsp3) is 0.370. The van der Waals surface area contributed by atoms with Crippen LogP contribution in [0.4, 0.5) is 11.5 Å². The van der Waals surface area contributed by atoms with Crippen molar-refractivity contribution in [2.75, 3.05) is 51.1 Å². The summed E-state index contributed by atoms with van der Waals surface area (Å²) in [5.74, 6) is 2.05. The number of carbonyl (C=O) groups is 1. The predicted molar refractivity (Wildman–Crippen MR) is 142 cm³/mol. The van der Waals surface area contributed by atoms with Crippen LogP contribution in [0.25, 0.3) is 0 Å². The summed E-state index contributed by atoms with van der Waals surface area (Å²) in [5.41, 5.74) is 1.59. The van der Waals surface area contributed by atoms with Crippen molar-refractivity contribution >= 4 is 29.0 Å². The van der Waals surface area contributed by atoms with Gasteiger partial charge in [0.05, 0.1) is 14.2 Å². The number of aromatic nitrogens is 2. The van der Waals surface area contributed by atoms with Crippen molar-refractivity contribution in [1.29, 1.82) is 0 Å². The molecule has 0 bridgehead atoms. The molecule has 9 heteroatoms. The van der Waals surface area contributed by atoms with Crippen LogP contribution in [-0.2, 0) is 4.79 Å². The Morgan fingerprint density at radius 1 is 1.11 bits per heavy atom. The Morgan fingerprint density at radius 3 is 2.50 bits per heavy atom. The molecule has 36 heavy (non-hydrogen) atoms. The van der Waals surface area contributed by atoms with Gasteiger partial charge in [-0.15, -0.1) is 0 Å². The molecule has 1 fully saturated rings. The van der Waals surface area contributed by atoms with E-state index in [9.17, 15) is 4.79 Å². The molecular weight excluding hydrogens is 478 g/mol. The Bertz CT molecular complexity index is 1150. The van der Waals surface area contributed by atoms with Crippen molar-refractivity contribution < 1.29 is 14.3 Å². The third-order valence-electron chi connectivity index (χ3n) is 6.51. The highest BCUT2D eigenvalue weighted by Gasteiger charge is 2.31. The van der Waals surface area contributed by atoms with Gasteiger partial charge in [-0.25, -0.2) is 4.98 Å². The lowest BCUT2D eigenvalue weighted by atomic mass is 9.95. The average Bonchev–Trinajstić information content (AvgIpc) is 2.92. The molecule has 0 radical (unpaired) electrons. The zero-order chi connectivity index (χ0) is 25.5. The smallest absolute Gasteiger partial charge is 0.318 e. The summed E-state index contributed by atoms with van der Waals surface area (Å²) in [4.78, 5) is 26.3. The van der Waals surface area contributed by atoms with Gasteiger partial charge in [-0.3, -0.25) is 4.79 Å². The van der Waals surface area contributed by atoms with Crippen molar-refractivity contribution in [3.8, 4) is 11.8 Å². The summed E-state index contributed by atoms with van der Waals surface area (Å²) in [6.07, 6.45) is 3.52. The van der Waals surface area contributed by atoms with E-state index in [1.807, 2.05) is 66.5 Å². The van der Waals surface area contributed by atoms with Gasteiger partial charge in [0, 0.05) is 49.2 Å². The number of likely N-dealkylation sites (tertiary alicyclic amines) is 1. The first-order valence-corrected chi connectivity index (χ1v) is 12.4. The number of ether oxygens (including phenoxy) is 2. The summed E-state index contributed by atoms with van der Waals surface area (Å²) in [6, 6.07) is 16.7. The highest BCUT2D eigenvalue weighted by Crippen LogP contribution is 2.30. The number of methoxy groups -OCH3 is 2. The van der Waals surface area contributed by atoms with E-state index in [2.05, 4.69) is 20.2 Å². The molecule has 3 aromatic rings. The summed E-state index contributed by atoms with van der Waals surface area (Å²) in [6.45, 7) is 2.23. The SMILES string of the molecule is COc1ccc(NC(C(=O)N2CCC(CN(C)c3ccnc(OC)n3)CC2)c2ccccc2Cl)cc1. The first-order chi connectivity index (χ1) is 17.5. The maximum Gasteiger partial charge on any atom is 0.318 e. The van der Waals surface area contributed by atoms with Gasteiger partial charge in [-0.05, 0) is 55.2 Å². The number of nitrogens with zero attached hydrogens (tertiary/aromatic N) is 4. The Morgan fingerprint density at radius 2 is 1.83 bits per heavy atom. The lowest BCUT2D eigenvalue weighted by Crippen LogP contribution is -2.44. The number of amides is 1. The van der Waals surface area contributed by atoms with Crippen molar-refractivity contribution in [3.05, 3.63) is 71.4 Å². The van der Waals surface area contributed by atoms with Crippen LogP contribution in [0.5, 0.6) is 11.8 Å². The number of rotatable bonds is 9. The minimum Gasteiger partial charge on any atom is -0.497 e. The van der Waals surface area contributed by atoms with Gasteiger partial charge in [-0.2, -0.15) is 4.98 Å². The maximum absolute atomic E-state index is 13.7. The number of nitrogens with one attached hydrogen (secondary N) is 1. The highest BCUT2D eigenvalue weighted by molar-refractivity contribution is 6.31. The Labute approximate surface area is 217 Å². The van der Waals surface area contributed by atoms with E-state index < -0.39 is 6.04 Å². The van der Waals surface area contributed by atoms with Gasteiger partial charge >= 0.3 is 6.01 Å². The number of anilines is 2. The van der Waals surface area contributed by atoms with Crippen LogP contribution in [0.15, 0.2) is 60.8 Å². The number of benzene rings is 2. The minimum atomic E-state index is -0.584. The fourth-order valence-electron chi connectivity index (χ4n) is 4.48. The van der Waals surface area contributed by atoms with Gasteiger partial charge in [0.2, 0.25) is 5.91 Å². The summed E-state index contributed by atoms with van der Waals surface area (Å²) < 4.78 is 10.4. The third kappa shape index (κ3) is 6.18. The number of halogens is 1. The highest BCUT2D eigenvalue weighted by atomic mass is 35.5. The predicted octanol–water partition coefficient (Wildman–Crippen LogP) is 4.68. The second-order valence-corrected chi connectivity index (χ2v) is 9.29. The second kappa shape index (κ2) is 11.9. The van der Waals surface area contributed by atoms with E-state index in [0.29, 0.717) is 30.0 Å². The van der Waals surface area contributed by atoms with Crippen molar-refractivity contribution in [3.63, 3.8) is 0 Å². The molecule has 1 amide bonds. The number of carbonyl (C=O) groups excluding carboxylic acids is 1. The van der Waals surface area contributed by atoms with E-state index >= 15 is 0 Å². The van der Waals surface area contributed by atoms with E-state index in [-0.39, 0.29) is 5.91 Å². The molecule has 0 saturated carbocycles. The molecule has 1 N–H and O–H groups in total. The van der Waals surface area contributed by atoms with Gasteiger partial charge in [0.1, 0.15) is 17.6 Å². The van der Waals surface area contributed by atoms with Crippen molar-refractivity contribution in [2.45, 2.75) is 18.9 Å². The van der Waals surface area contributed by atoms with Gasteiger partial charge in [0.25, 0.3) is 0 Å². The number of hydrogen-bond acceptors (Lipinski definition) is 7. The molecule has 0 aliphatic carbocycles. The fourth-order valence-corrected chi connectivity index (χ4v) is 4.72. The lowest BCUT2D eigenvalue weighted by molar-refractivity contribution is -0.133. The summed E-state index contributed by atoms with van der Waals surface area (Å²) in [7, 11) is 5.21. The summed E-state index contributed by atoms with van der Waals surface area (Å²) >= 11 is 6.52. The van der Waals surface area contributed by atoms with Gasteiger partial charge < -0.3 is 24.6 Å². The standard InChI is InChI=1S/C27H32ClN5O3/c1-32(24-12-15-29-27(31-24)36-3)18-19-13-16-33(17-14-19)26(34)25(22-6-4-5-7-23(22)28)30-20-8-10-21(35-2)11-9-20/h4-12,15,19,25,30H,13-14,16-18H2,1-3H3. The quantitative estimate of drug-likeness (QED) is 0.448. The molecule has 1 aliphatic heterocycles. The zero-order valence-electron chi connectivity index (χ0n) is 20.9. The molecule has 1 unspecified atom stereocenters.